The number of aliphatic imine (C=N–C) groups is 1. The van der Waals surface area contributed by atoms with Crippen LogP contribution >= 0.6 is 24.0 Å². The number of carbonyl (C=O) groups excluding carboxylic acids is 1. The molecule has 30 heavy (non-hydrogen) atoms. The lowest BCUT2D eigenvalue weighted by atomic mass is 9.85. The second-order valence-corrected chi connectivity index (χ2v) is 8.70. The van der Waals surface area contributed by atoms with E-state index in [0.29, 0.717) is 12.5 Å². The molecule has 1 atom stereocenters. The van der Waals surface area contributed by atoms with Crippen LogP contribution in [0.2, 0.25) is 0 Å². The summed E-state index contributed by atoms with van der Waals surface area (Å²) in [6.45, 7) is 6.55. The highest BCUT2D eigenvalue weighted by molar-refractivity contribution is 14.0. The van der Waals surface area contributed by atoms with Gasteiger partial charge in [-0.05, 0) is 44.2 Å². The maximum atomic E-state index is 12.8. The van der Waals surface area contributed by atoms with Crippen molar-refractivity contribution in [3.8, 4) is 0 Å². The van der Waals surface area contributed by atoms with Gasteiger partial charge in [0.1, 0.15) is 0 Å². The first kappa shape index (κ1) is 24.8. The third-order valence-corrected chi connectivity index (χ3v) is 6.27. The summed E-state index contributed by atoms with van der Waals surface area (Å²) in [4.78, 5) is 21.8. The van der Waals surface area contributed by atoms with Crippen molar-refractivity contribution < 1.29 is 4.79 Å². The van der Waals surface area contributed by atoms with Crippen molar-refractivity contribution in [1.29, 1.82) is 0 Å². The Kier molecular flexibility index (Phi) is 9.71. The maximum Gasteiger partial charge on any atom is 0.230 e. The van der Waals surface area contributed by atoms with Gasteiger partial charge < -0.3 is 20.4 Å². The highest BCUT2D eigenvalue weighted by Gasteiger charge is 2.42. The average molecular weight is 527 g/mol. The van der Waals surface area contributed by atoms with Crippen molar-refractivity contribution >= 4 is 41.5 Å². The van der Waals surface area contributed by atoms with Crippen LogP contribution in [0.5, 0.6) is 0 Å². The third kappa shape index (κ3) is 6.25. The van der Waals surface area contributed by atoms with Crippen LogP contribution in [0.1, 0.15) is 39.0 Å². The smallest absolute Gasteiger partial charge is 0.230 e. The molecule has 1 amide bonds. The fourth-order valence-electron chi connectivity index (χ4n) is 4.65. The number of anilines is 1. The first-order valence-corrected chi connectivity index (χ1v) is 11.1. The number of hydrogen-bond donors (Lipinski definition) is 2. The molecule has 0 radical (unpaired) electrons. The number of halogens is 1. The van der Waals surface area contributed by atoms with Gasteiger partial charge in [0.05, 0.1) is 12.0 Å². The van der Waals surface area contributed by atoms with Gasteiger partial charge in [0.2, 0.25) is 5.91 Å². The van der Waals surface area contributed by atoms with E-state index >= 15 is 0 Å². The summed E-state index contributed by atoms with van der Waals surface area (Å²) >= 11 is 0. The molecule has 168 valence electrons. The van der Waals surface area contributed by atoms with Gasteiger partial charge >= 0.3 is 0 Å². The van der Waals surface area contributed by atoms with Crippen molar-refractivity contribution in [3.05, 3.63) is 30.3 Å². The molecule has 1 aliphatic heterocycles. The second kappa shape index (κ2) is 11.8. The molecule has 1 heterocycles. The Hall–Kier alpha value is -1.51. The molecule has 2 fully saturated rings. The molecule has 1 aliphatic carbocycles. The van der Waals surface area contributed by atoms with Crippen LogP contribution in [0.25, 0.3) is 0 Å². The molecule has 7 heteroatoms. The van der Waals surface area contributed by atoms with E-state index in [0.717, 1.165) is 57.8 Å². The molecule has 1 aromatic carbocycles. The lowest BCUT2D eigenvalue weighted by Gasteiger charge is -2.29. The summed E-state index contributed by atoms with van der Waals surface area (Å²) in [6.07, 6.45) is 5.32. The minimum absolute atomic E-state index is 0. The number of hydrogen-bond acceptors (Lipinski definition) is 3. The van der Waals surface area contributed by atoms with Gasteiger partial charge in [0.15, 0.2) is 5.96 Å². The quantitative estimate of drug-likeness (QED) is 0.325. The van der Waals surface area contributed by atoms with E-state index in [2.05, 4.69) is 52.8 Å². The van der Waals surface area contributed by atoms with Crippen LogP contribution in [0.3, 0.4) is 0 Å². The first-order chi connectivity index (χ1) is 14.0. The molecule has 2 aliphatic rings. The third-order valence-electron chi connectivity index (χ3n) is 6.27. The molecule has 0 aromatic heterocycles. The SMILES string of the molecule is CCNC(=NCC1(C(=O)N(C)C)CCCC1)NCC1CCN(c2ccccc2)C1.I. The highest BCUT2D eigenvalue weighted by Crippen LogP contribution is 2.39. The molecule has 0 spiro atoms. The van der Waals surface area contributed by atoms with Crippen molar-refractivity contribution in [2.24, 2.45) is 16.3 Å². The predicted octanol–water partition coefficient (Wildman–Crippen LogP) is 3.33. The number of carbonyl (C=O) groups is 1. The Balaban J connectivity index is 0.00000320. The van der Waals surface area contributed by atoms with E-state index in [9.17, 15) is 4.79 Å². The maximum absolute atomic E-state index is 12.8. The fraction of sp³-hybridized carbons (Fsp3) is 0.652. The van der Waals surface area contributed by atoms with Crippen LogP contribution in [0, 0.1) is 11.3 Å². The van der Waals surface area contributed by atoms with Gasteiger partial charge in [-0.25, -0.2) is 0 Å². The Morgan fingerprint density at radius 1 is 1.20 bits per heavy atom. The zero-order chi connectivity index (χ0) is 20.7. The summed E-state index contributed by atoms with van der Waals surface area (Å²) in [6, 6.07) is 10.6. The van der Waals surface area contributed by atoms with Crippen LogP contribution < -0.4 is 15.5 Å². The van der Waals surface area contributed by atoms with Gasteiger partial charge in [-0.2, -0.15) is 0 Å². The Morgan fingerprint density at radius 2 is 1.90 bits per heavy atom. The lowest BCUT2D eigenvalue weighted by molar-refractivity contribution is -0.138. The summed E-state index contributed by atoms with van der Waals surface area (Å²) in [7, 11) is 3.71. The van der Waals surface area contributed by atoms with Crippen molar-refractivity contribution in [2.75, 3.05) is 51.7 Å². The van der Waals surface area contributed by atoms with Gasteiger partial charge in [0, 0.05) is 46.0 Å². The largest absolute Gasteiger partial charge is 0.371 e. The minimum Gasteiger partial charge on any atom is -0.371 e. The van der Waals surface area contributed by atoms with Crippen molar-refractivity contribution in [1.82, 2.24) is 15.5 Å². The molecule has 6 nitrogen and oxygen atoms in total. The number of nitrogens with zero attached hydrogens (tertiary/aromatic N) is 3. The fourth-order valence-corrected chi connectivity index (χ4v) is 4.65. The van der Waals surface area contributed by atoms with Gasteiger partial charge in [0.25, 0.3) is 0 Å². The zero-order valence-corrected chi connectivity index (χ0v) is 21.0. The summed E-state index contributed by atoms with van der Waals surface area (Å²) < 4.78 is 0. The van der Waals surface area contributed by atoms with Gasteiger partial charge in [-0.1, -0.05) is 31.0 Å². The average Bonchev–Trinajstić information content (AvgIpc) is 3.40. The number of nitrogens with one attached hydrogen (secondary N) is 2. The number of rotatable bonds is 7. The molecular formula is C23H38IN5O. The second-order valence-electron chi connectivity index (χ2n) is 8.70. The predicted molar refractivity (Wildman–Crippen MR) is 136 cm³/mol. The monoisotopic (exact) mass is 527 g/mol. The summed E-state index contributed by atoms with van der Waals surface area (Å²) in [5.41, 5.74) is 0.990. The van der Waals surface area contributed by atoms with E-state index in [1.54, 1.807) is 4.90 Å². The molecule has 3 rings (SSSR count). The topological polar surface area (TPSA) is 60.0 Å². The number of amides is 1. The molecule has 1 saturated heterocycles. The van der Waals surface area contributed by atoms with Gasteiger partial charge in [-0.3, -0.25) is 9.79 Å². The van der Waals surface area contributed by atoms with Gasteiger partial charge in [-0.15, -0.1) is 24.0 Å². The molecule has 0 bridgehead atoms. The number of para-hydroxylation sites is 1. The van der Waals surface area contributed by atoms with E-state index in [1.807, 2.05) is 14.1 Å². The lowest BCUT2D eigenvalue weighted by Crippen LogP contribution is -2.44. The standard InChI is InChI=1S/C23H37N5O.HI/c1-4-24-22(26-18-23(13-8-9-14-23)21(29)27(2)3)25-16-19-12-15-28(17-19)20-10-6-5-7-11-20;/h5-7,10-11,19H,4,8-9,12-18H2,1-3H3,(H2,24,25,26);1H. The molecular weight excluding hydrogens is 489 g/mol. The van der Waals surface area contributed by atoms with Crippen molar-refractivity contribution in [2.45, 2.75) is 39.0 Å². The first-order valence-electron chi connectivity index (χ1n) is 11.1. The van der Waals surface area contributed by atoms with E-state index < -0.39 is 0 Å². The van der Waals surface area contributed by atoms with Crippen molar-refractivity contribution in [3.63, 3.8) is 0 Å². The van der Waals surface area contributed by atoms with Crippen LogP contribution in [0.15, 0.2) is 35.3 Å². The molecule has 1 unspecified atom stereocenters. The summed E-state index contributed by atoms with van der Waals surface area (Å²) in [5.74, 6) is 1.66. The normalized spacial score (nSPS) is 20.6. The van der Waals surface area contributed by atoms with E-state index in [4.69, 9.17) is 4.99 Å². The Labute approximate surface area is 198 Å². The Morgan fingerprint density at radius 3 is 2.53 bits per heavy atom. The summed E-state index contributed by atoms with van der Waals surface area (Å²) in [5, 5.41) is 6.89. The van der Waals surface area contributed by atoms with E-state index in [-0.39, 0.29) is 35.3 Å². The molecule has 1 aromatic rings. The van der Waals surface area contributed by atoms with Crippen LogP contribution in [-0.2, 0) is 4.79 Å². The van der Waals surface area contributed by atoms with E-state index in [1.165, 1.54) is 12.1 Å². The van der Waals surface area contributed by atoms with Crippen LogP contribution in [0.4, 0.5) is 5.69 Å². The van der Waals surface area contributed by atoms with Crippen LogP contribution in [-0.4, -0.2) is 63.6 Å². The number of guanidine groups is 1. The molecule has 1 saturated carbocycles. The molecule has 2 N–H and O–H groups in total. The Bertz CT molecular complexity index is 688. The highest BCUT2D eigenvalue weighted by atomic mass is 127. The number of benzene rings is 1. The minimum atomic E-state index is -0.316. The zero-order valence-electron chi connectivity index (χ0n) is 18.7.